The van der Waals surface area contributed by atoms with Crippen LogP contribution in [-0.2, 0) is 15.9 Å². The highest BCUT2D eigenvalue weighted by Crippen LogP contribution is 2.34. The molecule has 1 aliphatic heterocycles. The van der Waals surface area contributed by atoms with E-state index in [0.717, 1.165) is 19.3 Å². The lowest BCUT2D eigenvalue weighted by atomic mass is 9.83. The van der Waals surface area contributed by atoms with Crippen molar-refractivity contribution in [3.8, 4) is 11.1 Å². The van der Waals surface area contributed by atoms with E-state index in [-0.39, 0.29) is 18.1 Å². The molecule has 4 nitrogen and oxygen atoms in total. The minimum Gasteiger partial charge on any atom is -0.438 e. The minimum atomic E-state index is -0.620. The van der Waals surface area contributed by atoms with Gasteiger partial charge in [-0.15, -0.1) is 0 Å². The van der Waals surface area contributed by atoms with Crippen molar-refractivity contribution in [2.45, 2.75) is 44.2 Å². The SMILES string of the molecule is CCCc1ccc(C(c2ccc(-c3ccccc3)cc2)C2C[C@@H](OC(=O)OC)CN2)cc1. The predicted molar refractivity (Wildman–Crippen MR) is 128 cm³/mol. The van der Waals surface area contributed by atoms with Gasteiger partial charge in [0.15, 0.2) is 0 Å². The van der Waals surface area contributed by atoms with Crippen LogP contribution >= 0.6 is 0 Å². The lowest BCUT2D eigenvalue weighted by Crippen LogP contribution is -2.29. The van der Waals surface area contributed by atoms with Crippen LogP contribution < -0.4 is 5.32 Å². The second kappa shape index (κ2) is 10.5. The Kier molecular flexibility index (Phi) is 7.23. The standard InChI is InChI=1S/C28H31NO3/c1-3-7-20-10-12-23(13-11-20)27(26-18-25(19-29-26)32-28(30)31-2)24-16-14-22(15-17-24)21-8-5-4-6-9-21/h4-6,8-17,25-27,29H,3,7,18-19H2,1-2H3/t25-,26?,27?/m1/s1. The summed E-state index contributed by atoms with van der Waals surface area (Å²) in [5.41, 5.74) is 6.31. The fourth-order valence-corrected chi connectivity index (χ4v) is 4.61. The number of hydrogen-bond acceptors (Lipinski definition) is 4. The van der Waals surface area contributed by atoms with E-state index >= 15 is 0 Å². The summed E-state index contributed by atoms with van der Waals surface area (Å²) in [4.78, 5) is 11.6. The summed E-state index contributed by atoms with van der Waals surface area (Å²) in [6.45, 7) is 2.83. The summed E-state index contributed by atoms with van der Waals surface area (Å²) >= 11 is 0. The molecule has 166 valence electrons. The normalized spacial score (nSPS) is 18.8. The van der Waals surface area contributed by atoms with E-state index in [1.807, 2.05) is 6.07 Å². The van der Waals surface area contributed by atoms with Crippen LogP contribution in [-0.4, -0.2) is 32.0 Å². The Labute approximate surface area is 190 Å². The zero-order valence-electron chi connectivity index (χ0n) is 18.8. The first-order valence-corrected chi connectivity index (χ1v) is 11.4. The molecule has 0 saturated carbocycles. The molecule has 3 aromatic rings. The van der Waals surface area contributed by atoms with E-state index in [2.05, 4.69) is 89.8 Å². The van der Waals surface area contributed by atoms with Gasteiger partial charge in [-0.2, -0.15) is 0 Å². The second-order valence-corrected chi connectivity index (χ2v) is 8.40. The van der Waals surface area contributed by atoms with Crippen LogP contribution in [0.25, 0.3) is 11.1 Å². The highest BCUT2D eigenvalue weighted by atomic mass is 16.7. The fourth-order valence-electron chi connectivity index (χ4n) is 4.61. The Balaban J connectivity index is 1.61. The molecule has 4 rings (SSSR count). The first-order valence-electron chi connectivity index (χ1n) is 11.4. The van der Waals surface area contributed by atoms with Crippen molar-refractivity contribution >= 4 is 6.16 Å². The number of carbonyl (C=O) groups excluding carboxylic acids is 1. The molecule has 1 heterocycles. The zero-order valence-corrected chi connectivity index (χ0v) is 18.8. The number of carbonyl (C=O) groups is 1. The smallest absolute Gasteiger partial charge is 0.438 e. The third kappa shape index (κ3) is 5.20. The molecular weight excluding hydrogens is 398 g/mol. The van der Waals surface area contributed by atoms with Crippen molar-refractivity contribution in [2.75, 3.05) is 13.7 Å². The highest BCUT2D eigenvalue weighted by Gasteiger charge is 2.34. The fraction of sp³-hybridized carbons (Fsp3) is 0.321. The van der Waals surface area contributed by atoms with Crippen LogP contribution in [0.15, 0.2) is 78.9 Å². The van der Waals surface area contributed by atoms with Crippen molar-refractivity contribution in [1.29, 1.82) is 0 Å². The van der Waals surface area contributed by atoms with Crippen molar-refractivity contribution < 1.29 is 14.3 Å². The number of aryl methyl sites for hydroxylation is 1. The molecule has 1 saturated heterocycles. The van der Waals surface area contributed by atoms with Crippen molar-refractivity contribution in [1.82, 2.24) is 5.32 Å². The van der Waals surface area contributed by atoms with Gasteiger partial charge < -0.3 is 14.8 Å². The molecule has 0 amide bonds. The summed E-state index contributed by atoms with van der Waals surface area (Å²) < 4.78 is 10.1. The Morgan fingerprint density at radius 2 is 1.56 bits per heavy atom. The molecule has 2 unspecified atom stereocenters. The maximum atomic E-state index is 11.6. The molecule has 0 radical (unpaired) electrons. The van der Waals surface area contributed by atoms with Gasteiger partial charge in [-0.3, -0.25) is 0 Å². The molecule has 3 atom stereocenters. The Morgan fingerprint density at radius 1 is 0.938 bits per heavy atom. The van der Waals surface area contributed by atoms with E-state index in [1.165, 1.54) is 34.9 Å². The Morgan fingerprint density at radius 3 is 2.19 bits per heavy atom. The highest BCUT2D eigenvalue weighted by molar-refractivity contribution is 5.64. The molecule has 3 aromatic carbocycles. The van der Waals surface area contributed by atoms with E-state index in [0.29, 0.717) is 6.54 Å². The molecule has 1 aliphatic rings. The van der Waals surface area contributed by atoms with Crippen LogP contribution in [0, 0.1) is 0 Å². The molecule has 0 bridgehead atoms. The number of ether oxygens (including phenoxy) is 2. The van der Waals surface area contributed by atoms with Gasteiger partial charge >= 0.3 is 6.16 Å². The van der Waals surface area contributed by atoms with Gasteiger partial charge in [-0.05, 0) is 34.2 Å². The Bertz CT molecular complexity index is 999. The monoisotopic (exact) mass is 429 g/mol. The largest absolute Gasteiger partial charge is 0.508 e. The first-order chi connectivity index (χ1) is 15.7. The average molecular weight is 430 g/mol. The molecule has 0 aromatic heterocycles. The summed E-state index contributed by atoms with van der Waals surface area (Å²) in [6, 6.07) is 28.4. The van der Waals surface area contributed by atoms with Crippen LogP contribution in [0.1, 0.15) is 42.4 Å². The summed E-state index contributed by atoms with van der Waals surface area (Å²) in [6.07, 6.45) is 2.17. The van der Waals surface area contributed by atoms with Crippen LogP contribution in [0.4, 0.5) is 4.79 Å². The number of nitrogens with one attached hydrogen (secondary N) is 1. The van der Waals surface area contributed by atoms with Gasteiger partial charge in [-0.1, -0.05) is 92.2 Å². The predicted octanol–water partition coefficient (Wildman–Crippen LogP) is 5.95. The lowest BCUT2D eigenvalue weighted by Gasteiger charge is -2.25. The maximum absolute atomic E-state index is 11.6. The number of rotatable bonds is 7. The van der Waals surface area contributed by atoms with Gasteiger partial charge in [0.25, 0.3) is 0 Å². The van der Waals surface area contributed by atoms with Crippen LogP contribution in [0.5, 0.6) is 0 Å². The van der Waals surface area contributed by atoms with Crippen LogP contribution in [0.2, 0.25) is 0 Å². The minimum absolute atomic E-state index is 0.168. The number of benzene rings is 3. The van der Waals surface area contributed by atoms with Crippen molar-refractivity contribution in [3.63, 3.8) is 0 Å². The topological polar surface area (TPSA) is 47.6 Å². The van der Waals surface area contributed by atoms with E-state index < -0.39 is 6.16 Å². The number of methoxy groups -OCH3 is 1. The van der Waals surface area contributed by atoms with Gasteiger partial charge in [0.1, 0.15) is 6.10 Å². The third-order valence-electron chi connectivity index (χ3n) is 6.21. The van der Waals surface area contributed by atoms with E-state index in [1.54, 1.807) is 0 Å². The molecule has 32 heavy (non-hydrogen) atoms. The van der Waals surface area contributed by atoms with Gasteiger partial charge in [0.05, 0.1) is 7.11 Å². The maximum Gasteiger partial charge on any atom is 0.508 e. The third-order valence-corrected chi connectivity index (χ3v) is 6.21. The summed E-state index contributed by atoms with van der Waals surface area (Å²) in [5.74, 6) is 0.168. The molecule has 0 spiro atoms. The molecular formula is C28H31NO3. The van der Waals surface area contributed by atoms with Crippen LogP contribution in [0.3, 0.4) is 0 Å². The summed E-state index contributed by atoms with van der Waals surface area (Å²) in [7, 11) is 1.34. The van der Waals surface area contributed by atoms with Crippen molar-refractivity contribution in [3.05, 3.63) is 95.6 Å². The molecule has 1 N–H and O–H groups in total. The lowest BCUT2D eigenvalue weighted by molar-refractivity contribution is 0.0430. The Hall–Kier alpha value is -3.11. The molecule has 4 heteroatoms. The molecule has 1 fully saturated rings. The first kappa shape index (κ1) is 22.1. The van der Waals surface area contributed by atoms with Gasteiger partial charge in [0.2, 0.25) is 0 Å². The van der Waals surface area contributed by atoms with E-state index in [4.69, 9.17) is 4.74 Å². The van der Waals surface area contributed by atoms with Gasteiger partial charge in [0, 0.05) is 24.9 Å². The van der Waals surface area contributed by atoms with Gasteiger partial charge in [-0.25, -0.2) is 4.79 Å². The molecule has 0 aliphatic carbocycles. The van der Waals surface area contributed by atoms with E-state index in [9.17, 15) is 4.79 Å². The quantitative estimate of drug-likeness (QED) is 0.471. The second-order valence-electron chi connectivity index (χ2n) is 8.40. The van der Waals surface area contributed by atoms with Crippen molar-refractivity contribution in [2.24, 2.45) is 0 Å². The number of hydrogen-bond donors (Lipinski definition) is 1. The summed E-state index contributed by atoms with van der Waals surface area (Å²) in [5, 5.41) is 3.59. The zero-order chi connectivity index (χ0) is 22.3. The average Bonchev–Trinajstić information content (AvgIpc) is 3.29.